The van der Waals surface area contributed by atoms with Crippen molar-refractivity contribution in [2.24, 2.45) is 5.73 Å². The van der Waals surface area contributed by atoms with Gasteiger partial charge in [0, 0.05) is 11.2 Å². The largest absolute Gasteiger partial charge is 0.399 e. The number of anilines is 1. The lowest BCUT2D eigenvalue weighted by atomic mass is 9.90. The Kier molecular flexibility index (Phi) is 2.73. The topological polar surface area (TPSA) is 52.0 Å². The maximum absolute atomic E-state index is 6.09. The van der Waals surface area contributed by atoms with Gasteiger partial charge in [-0.1, -0.05) is 18.2 Å². The van der Waals surface area contributed by atoms with Crippen molar-refractivity contribution >= 4 is 5.69 Å². The molecule has 0 unspecified atom stereocenters. The Morgan fingerprint density at radius 1 is 1.54 bits per heavy atom. The molecule has 0 aliphatic carbocycles. The molecule has 0 saturated carbocycles. The van der Waals surface area contributed by atoms with Crippen LogP contribution in [0.3, 0.4) is 0 Å². The Balaban J connectivity index is 2.99. The predicted octanol–water partition coefficient (Wildman–Crippen LogP) is 2.02. The first-order valence-corrected chi connectivity index (χ1v) is 4.32. The van der Waals surface area contributed by atoms with Crippen LogP contribution >= 0.6 is 0 Å². The van der Waals surface area contributed by atoms with Gasteiger partial charge in [-0.05, 0) is 31.0 Å². The third kappa shape index (κ3) is 2.33. The number of hydrogen-bond donors (Lipinski definition) is 2. The van der Waals surface area contributed by atoms with E-state index in [1.54, 1.807) is 0 Å². The van der Waals surface area contributed by atoms with E-state index < -0.39 is 0 Å². The van der Waals surface area contributed by atoms with Crippen LogP contribution in [0, 0.1) is 0 Å². The Hall–Kier alpha value is -1.28. The van der Waals surface area contributed by atoms with Gasteiger partial charge in [-0.2, -0.15) is 0 Å². The highest BCUT2D eigenvalue weighted by atomic mass is 14.7. The molecule has 0 saturated heterocycles. The monoisotopic (exact) mass is 176 g/mol. The van der Waals surface area contributed by atoms with Crippen LogP contribution in [0.25, 0.3) is 0 Å². The molecule has 1 rings (SSSR count). The summed E-state index contributed by atoms with van der Waals surface area (Å²) in [6.07, 6.45) is 2.57. The molecule has 0 amide bonds. The molecular weight excluding hydrogens is 160 g/mol. The first-order valence-electron chi connectivity index (χ1n) is 4.32. The van der Waals surface area contributed by atoms with E-state index >= 15 is 0 Å². The van der Waals surface area contributed by atoms with Crippen molar-refractivity contribution in [3.8, 4) is 0 Å². The SMILES string of the molecule is C=CC[C@@](C)(N)c1cccc(N)c1. The number of hydrogen-bond acceptors (Lipinski definition) is 2. The first kappa shape index (κ1) is 9.81. The van der Waals surface area contributed by atoms with Crippen molar-refractivity contribution in [1.29, 1.82) is 0 Å². The number of rotatable bonds is 3. The van der Waals surface area contributed by atoms with Crippen LogP contribution < -0.4 is 11.5 Å². The third-order valence-corrected chi connectivity index (χ3v) is 2.11. The molecule has 0 aliphatic rings. The van der Waals surface area contributed by atoms with Gasteiger partial charge in [0.1, 0.15) is 0 Å². The molecule has 1 aromatic carbocycles. The zero-order chi connectivity index (χ0) is 9.90. The summed E-state index contributed by atoms with van der Waals surface area (Å²) in [6.45, 7) is 5.66. The zero-order valence-corrected chi connectivity index (χ0v) is 7.96. The minimum absolute atomic E-state index is 0.364. The van der Waals surface area contributed by atoms with Gasteiger partial charge in [-0.3, -0.25) is 0 Å². The second-order valence-electron chi connectivity index (χ2n) is 3.54. The summed E-state index contributed by atoms with van der Waals surface area (Å²) < 4.78 is 0. The molecule has 13 heavy (non-hydrogen) atoms. The number of nitrogens with two attached hydrogens (primary N) is 2. The summed E-state index contributed by atoms with van der Waals surface area (Å²) in [4.78, 5) is 0. The Bertz CT molecular complexity index is 303. The molecule has 1 atom stereocenters. The van der Waals surface area contributed by atoms with Crippen LogP contribution in [0.5, 0.6) is 0 Å². The first-order chi connectivity index (χ1) is 6.06. The Morgan fingerprint density at radius 3 is 2.77 bits per heavy atom. The van der Waals surface area contributed by atoms with Gasteiger partial charge in [0.25, 0.3) is 0 Å². The molecule has 0 radical (unpaired) electrons. The summed E-state index contributed by atoms with van der Waals surface area (Å²) in [7, 11) is 0. The summed E-state index contributed by atoms with van der Waals surface area (Å²) in [6, 6.07) is 7.66. The highest BCUT2D eigenvalue weighted by Crippen LogP contribution is 2.23. The van der Waals surface area contributed by atoms with Crippen LogP contribution in [-0.2, 0) is 5.54 Å². The van der Waals surface area contributed by atoms with Crippen LogP contribution in [-0.4, -0.2) is 0 Å². The van der Waals surface area contributed by atoms with E-state index in [0.717, 1.165) is 17.7 Å². The fourth-order valence-corrected chi connectivity index (χ4v) is 1.31. The van der Waals surface area contributed by atoms with Gasteiger partial charge in [-0.15, -0.1) is 6.58 Å². The molecule has 2 heteroatoms. The minimum Gasteiger partial charge on any atom is -0.399 e. The normalized spacial score (nSPS) is 14.9. The number of nitrogen functional groups attached to an aromatic ring is 1. The summed E-state index contributed by atoms with van der Waals surface area (Å²) in [5, 5.41) is 0. The van der Waals surface area contributed by atoms with E-state index in [1.807, 2.05) is 37.3 Å². The van der Waals surface area contributed by atoms with Crippen LogP contribution in [0.1, 0.15) is 18.9 Å². The average Bonchev–Trinajstić information content (AvgIpc) is 2.04. The van der Waals surface area contributed by atoms with E-state index in [4.69, 9.17) is 11.5 Å². The fourth-order valence-electron chi connectivity index (χ4n) is 1.31. The lowest BCUT2D eigenvalue weighted by Crippen LogP contribution is -2.32. The quantitative estimate of drug-likeness (QED) is 0.547. The van der Waals surface area contributed by atoms with Crippen molar-refractivity contribution in [2.45, 2.75) is 18.9 Å². The molecule has 0 aromatic heterocycles. The highest BCUT2D eigenvalue weighted by molar-refractivity contribution is 5.43. The van der Waals surface area contributed by atoms with Gasteiger partial charge < -0.3 is 11.5 Å². The molecule has 2 nitrogen and oxygen atoms in total. The second kappa shape index (κ2) is 3.62. The third-order valence-electron chi connectivity index (χ3n) is 2.11. The Labute approximate surface area is 79.2 Å². The Morgan fingerprint density at radius 2 is 2.23 bits per heavy atom. The van der Waals surface area contributed by atoms with Gasteiger partial charge in [0.05, 0.1) is 0 Å². The van der Waals surface area contributed by atoms with E-state index in [-0.39, 0.29) is 5.54 Å². The second-order valence-corrected chi connectivity index (χ2v) is 3.54. The van der Waals surface area contributed by atoms with Crippen molar-refractivity contribution in [2.75, 3.05) is 5.73 Å². The minimum atomic E-state index is -0.364. The fraction of sp³-hybridized carbons (Fsp3) is 0.273. The van der Waals surface area contributed by atoms with Gasteiger partial charge in [-0.25, -0.2) is 0 Å². The number of benzene rings is 1. The average molecular weight is 176 g/mol. The van der Waals surface area contributed by atoms with E-state index in [9.17, 15) is 0 Å². The van der Waals surface area contributed by atoms with Crippen molar-refractivity contribution in [3.63, 3.8) is 0 Å². The van der Waals surface area contributed by atoms with Gasteiger partial charge >= 0.3 is 0 Å². The van der Waals surface area contributed by atoms with Crippen LogP contribution in [0.2, 0.25) is 0 Å². The molecule has 0 heterocycles. The van der Waals surface area contributed by atoms with Crippen molar-refractivity contribution < 1.29 is 0 Å². The van der Waals surface area contributed by atoms with Crippen molar-refractivity contribution in [3.05, 3.63) is 42.5 Å². The molecule has 0 spiro atoms. The smallest absolute Gasteiger partial charge is 0.0416 e. The molecular formula is C11H16N2. The van der Waals surface area contributed by atoms with E-state index in [1.165, 1.54) is 0 Å². The van der Waals surface area contributed by atoms with Crippen LogP contribution in [0.4, 0.5) is 5.69 Å². The summed E-state index contributed by atoms with van der Waals surface area (Å²) >= 11 is 0. The zero-order valence-electron chi connectivity index (χ0n) is 7.96. The molecule has 1 aromatic rings. The van der Waals surface area contributed by atoms with E-state index in [0.29, 0.717) is 0 Å². The van der Waals surface area contributed by atoms with Crippen molar-refractivity contribution in [1.82, 2.24) is 0 Å². The molecule has 70 valence electrons. The highest BCUT2D eigenvalue weighted by Gasteiger charge is 2.18. The van der Waals surface area contributed by atoms with Gasteiger partial charge in [0.15, 0.2) is 0 Å². The summed E-state index contributed by atoms with van der Waals surface area (Å²) in [5.41, 5.74) is 13.2. The molecule has 4 N–H and O–H groups in total. The van der Waals surface area contributed by atoms with E-state index in [2.05, 4.69) is 6.58 Å². The molecule has 0 bridgehead atoms. The maximum atomic E-state index is 6.09. The molecule has 0 aliphatic heterocycles. The standard InChI is InChI=1S/C11H16N2/c1-3-7-11(2,13)9-5-4-6-10(12)8-9/h3-6,8H,1,7,12-13H2,2H3/t11-/m1/s1. The lowest BCUT2D eigenvalue weighted by Gasteiger charge is -2.23. The predicted molar refractivity (Wildman–Crippen MR) is 57.2 cm³/mol. The summed E-state index contributed by atoms with van der Waals surface area (Å²) in [5.74, 6) is 0. The van der Waals surface area contributed by atoms with Crippen LogP contribution in [0.15, 0.2) is 36.9 Å². The molecule has 0 fully saturated rings. The van der Waals surface area contributed by atoms with Gasteiger partial charge in [0.2, 0.25) is 0 Å². The maximum Gasteiger partial charge on any atom is 0.0416 e. The lowest BCUT2D eigenvalue weighted by molar-refractivity contribution is 0.503.